The highest BCUT2D eigenvalue weighted by molar-refractivity contribution is 5.21. The van der Waals surface area contributed by atoms with Crippen LogP contribution < -0.4 is 5.32 Å². The molecule has 1 saturated heterocycles. The van der Waals surface area contributed by atoms with Gasteiger partial charge in [-0.15, -0.1) is 0 Å². The van der Waals surface area contributed by atoms with E-state index in [2.05, 4.69) is 47.5 Å². The van der Waals surface area contributed by atoms with E-state index in [9.17, 15) is 5.11 Å². The van der Waals surface area contributed by atoms with Crippen molar-refractivity contribution in [2.45, 2.75) is 37.6 Å². The van der Waals surface area contributed by atoms with E-state index < -0.39 is 0 Å². The molecule has 1 aliphatic carbocycles. The molecule has 2 atom stereocenters. The normalized spacial score (nSPS) is 25.9. The Hall–Kier alpha value is -0.900. The van der Waals surface area contributed by atoms with Crippen LogP contribution in [0, 0.1) is 5.92 Å². The summed E-state index contributed by atoms with van der Waals surface area (Å²) < 4.78 is 0. The summed E-state index contributed by atoms with van der Waals surface area (Å²) >= 11 is 0. The van der Waals surface area contributed by atoms with Crippen LogP contribution in [0.1, 0.15) is 37.7 Å². The Bertz CT molecular complexity index is 446. The predicted molar refractivity (Wildman–Crippen MR) is 86.5 cm³/mol. The van der Waals surface area contributed by atoms with Gasteiger partial charge in [-0.2, -0.15) is 0 Å². The molecule has 1 aromatic rings. The maximum atomic E-state index is 9.97. The molecule has 3 rings (SSSR count). The Morgan fingerprint density at radius 2 is 2.00 bits per heavy atom. The van der Waals surface area contributed by atoms with Gasteiger partial charge >= 0.3 is 0 Å². The number of likely N-dealkylation sites (N-methyl/N-ethyl adjacent to an activating group) is 1. The highest BCUT2D eigenvalue weighted by atomic mass is 16.3. The van der Waals surface area contributed by atoms with E-state index in [-0.39, 0.29) is 12.1 Å². The van der Waals surface area contributed by atoms with Crippen LogP contribution in [0.2, 0.25) is 0 Å². The van der Waals surface area contributed by atoms with E-state index in [1.165, 1.54) is 24.8 Å². The third-order valence-electron chi connectivity index (χ3n) is 5.22. The minimum atomic E-state index is -0.0691. The van der Waals surface area contributed by atoms with Crippen LogP contribution in [0.3, 0.4) is 0 Å². The largest absolute Gasteiger partial charge is 0.394 e. The lowest BCUT2D eigenvalue weighted by Crippen LogP contribution is -2.57. The third-order valence-corrected chi connectivity index (χ3v) is 5.22. The number of hydrogen-bond acceptors (Lipinski definition) is 3. The Balaban J connectivity index is 1.63. The number of aliphatic hydroxyl groups excluding tert-OH is 1. The molecule has 1 saturated carbocycles. The number of benzene rings is 1. The van der Waals surface area contributed by atoms with Crippen LogP contribution in [0.15, 0.2) is 30.3 Å². The zero-order chi connectivity index (χ0) is 14.7. The first kappa shape index (κ1) is 15.0. The van der Waals surface area contributed by atoms with Crippen LogP contribution in [0.4, 0.5) is 0 Å². The van der Waals surface area contributed by atoms with Crippen molar-refractivity contribution < 1.29 is 5.11 Å². The maximum absolute atomic E-state index is 9.97. The number of likely N-dealkylation sites (tertiary alicyclic amines) is 1. The molecule has 1 heterocycles. The molecule has 0 bridgehead atoms. The number of aliphatic hydroxyl groups is 1. The van der Waals surface area contributed by atoms with Crippen molar-refractivity contribution in [3.05, 3.63) is 35.9 Å². The fraction of sp³-hybridized carbons (Fsp3) is 0.667. The van der Waals surface area contributed by atoms with Gasteiger partial charge in [0.05, 0.1) is 12.1 Å². The molecule has 0 radical (unpaired) electrons. The number of hydrogen-bond donors (Lipinski definition) is 2. The van der Waals surface area contributed by atoms with Crippen molar-refractivity contribution in [3.8, 4) is 0 Å². The molecular weight excluding hydrogens is 260 g/mol. The van der Waals surface area contributed by atoms with Gasteiger partial charge in [0.25, 0.3) is 0 Å². The number of rotatable bonds is 7. The van der Waals surface area contributed by atoms with E-state index in [1.54, 1.807) is 0 Å². The van der Waals surface area contributed by atoms with E-state index >= 15 is 0 Å². The van der Waals surface area contributed by atoms with Crippen LogP contribution in [0.5, 0.6) is 0 Å². The summed E-state index contributed by atoms with van der Waals surface area (Å²) in [5.74, 6) is 1.32. The van der Waals surface area contributed by atoms with Crippen LogP contribution in [0.25, 0.3) is 0 Å². The number of nitrogens with one attached hydrogen (secondary N) is 1. The van der Waals surface area contributed by atoms with Crippen molar-refractivity contribution in [2.24, 2.45) is 5.92 Å². The minimum Gasteiger partial charge on any atom is -0.394 e. The Morgan fingerprint density at radius 3 is 2.62 bits per heavy atom. The van der Waals surface area contributed by atoms with Gasteiger partial charge in [0.2, 0.25) is 0 Å². The average molecular weight is 288 g/mol. The molecule has 0 amide bonds. The fourth-order valence-electron chi connectivity index (χ4n) is 3.92. The molecule has 3 heteroatoms. The lowest BCUT2D eigenvalue weighted by Gasteiger charge is -2.37. The van der Waals surface area contributed by atoms with E-state index in [0.717, 1.165) is 26.2 Å². The molecule has 2 N–H and O–H groups in total. The van der Waals surface area contributed by atoms with Gasteiger partial charge in [0, 0.05) is 13.1 Å². The zero-order valence-electron chi connectivity index (χ0n) is 13.1. The van der Waals surface area contributed by atoms with E-state index in [0.29, 0.717) is 11.8 Å². The summed E-state index contributed by atoms with van der Waals surface area (Å²) in [5.41, 5.74) is 1.39. The van der Waals surface area contributed by atoms with Gasteiger partial charge in [0.15, 0.2) is 0 Å². The first-order valence-corrected chi connectivity index (χ1v) is 8.40. The van der Waals surface area contributed by atoms with Gasteiger partial charge in [-0.3, -0.25) is 0 Å². The van der Waals surface area contributed by atoms with Crippen molar-refractivity contribution in [1.82, 2.24) is 10.2 Å². The second-order valence-corrected chi connectivity index (χ2v) is 6.75. The molecule has 0 spiro atoms. The lowest BCUT2D eigenvalue weighted by atomic mass is 9.93. The van der Waals surface area contributed by atoms with Crippen molar-refractivity contribution in [1.29, 1.82) is 0 Å². The smallest absolute Gasteiger partial charge is 0.0628 e. The summed E-state index contributed by atoms with van der Waals surface area (Å²) in [6.45, 7) is 6.61. The standard InChI is InChI=1S/C18H28N2O/c1-2-19-18(14-21,17-8-9-17)13-20-11-10-16(12-20)15-6-4-3-5-7-15/h3-7,16-17,19,21H,2,8-14H2,1H3. The molecular formula is C18H28N2O. The summed E-state index contributed by atoms with van der Waals surface area (Å²) in [6.07, 6.45) is 3.77. The fourth-order valence-corrected chi connectivity index (χ4v) is 3.92. The first-order valence-electron chi connectivity index (χ1n) is 8.40. The van der Waals surface area contributed by atoms with Crippen molar-refractivity contribution >= 4 is 0 Å². The molecule has 1 aromatic carbocycles. The highest BCUT2D eigenvalue weighted by Gasteiger charge is 2.45. The van der Waals surface area contributed by atoms with Gasteiger partial charge < -0.3 is 15.3 Å². The Labute approximate surface area is 128 Å². The van der Waals surface area contributed by atoms with E-state index in [1.807, 2.05) is 0 Å². The first-order chi connectivity index (χ1) is 10.3. The molecule has 2 aliphatic rings. The monoisotopic (exact) mass is 288 g/mol. The quantitative estimate of drug-likeness (QED) is 0.807. The van der Waals surface area contributed by atoms with Crippen LogP contribution in [-0.4, -0.2) is 48.3 Å². The maximum Gasteiger partial charge on any atom is 0.0628 e. The Kier molecular flexibility index (Phi) is 4.63. The zero-order valence-corrected chi connectivity index (χ0v) is 13.1. The van der Waals surface area contributed by atoms with Gasteiger partial charge in [-0.25, -0.2) is 0 Å². The van der Waals surface area contributed by atoms with Gasteiger partial charge in [0.1, 0.15) is 0 Å². The van der Waals surface area contributed by atoms with Crippen molar-refractivity contribution in [2.75, 3.05) is 32.8 Å². The minimum absolute atomic E-state index is 0.0691. The van der Waals surface area contributed by atoms with E-state index in [4.69, 9.17) is 0 Å². The predicted octanol–water partition coefficient (Wildman–Crippen LogP) is 2.23. The van der Waals surface area contributed by atoms with Gasteiger partial charge in [-0.05, 0) is 49.8 Å². The molecule has 2 fully saturated rings. The molecule has 116 valence electrons. The lowest BCUT2D eigenvalue weighted by molar-refractivity contribution is 0.101. The molecule has 0 aromatic heterocycles. The SMILES string of the molecule is CCNC(CO)(CN1CCC(c2ccccc2)C1)C1CC1. The summed E-state index contributed by atoms with van der Waals surface area (Å²) in [7, 11) is 0. The molecule has 2 unspecified atom stereocenters. The Morgan fingerprint density at radius 1 is 1.24 bits per heavy atom. The summed E-state index contributed by atoms with van der Waals surface area (Å²) in [4.78, 5) is 2.55. The van der Waals surface area contributed by atoms with Gasteiger partial charge in [-0.1, -0.05) is 37.3 Å². The third kappa shape index (κ3) is 3.31. The molecule has 1 aliphatic heterocycles. The number of nitrogens with zero attached hydrogens (tertiary/aromatic N) is 1. The van der Waals surface area contributed by atoms with Crippen LogP contribution in [-0.2, 0) is 0 Å². The highest BCUT2D eigenvalue weighted by Crippen LogP contribution is 2.41. The second-order valence-electron chi connectivity index (χ2n) is 6.75. The topological polar surface area (TPSA) is 35.5 Å². The van der Waals surface area contributed by atoms with Crippen molar-refractivity contribution in [3.63, 3.8) is 0 Å². The molecule has 3 nitrogen and oxygen atoms in total. The van der Waals surface area contributed by atoms with Crippen LogP contribution >= 0.6 is 0 Å². The average Bonchev–Trinajstić information content (AvgIpc) is 3.28. The second kappa shape index (κ2) is 6.47. The summed E-state index contributed by atoms with van der Waals surface area (Å²) in [6, 6.07) is 10.9. The molecule has 21 heavy (non-hydrogen) atoms. The summed E-state index contributed by atoms with van der Waals surface area (Å²) in [5, 5.41) is 13.6.